The highest BCUT2D eigenvalue weighted by atomic mass is 19.4. The minimum Gasteiger partial charge on any atom is -0.495 e. The summed E-state index contributed by atoms with van der Waals surface area (Å²) in [5, 5.41) is 7.35. The van der Waals surface area contributed by atoms with Crippen molar-refractivity contribution in [3.63, 3.8) is 0 Å². The maximum absolute atomic E-state index is 12.5. The van der Waals surface area contributed by atoms with E-state index >= 15 is 0 Å². The molecule has 10 nitrogen and oxygen atoms in total. The van der Waals surface area contributed by atoms with Gasteiger partial charge >= 0.3 is 12.1 Å². The van der Waals surface area contributed by atoms with Crippen LogP contribution >= 0.6 is 0 Å². The number of alkyl halides is 3. The van der Waals surface area contributed by atoms with Crippen LogP contribution in [0.4, 0.5) is 18.9 Å². The summed E-state index contributed by atoms with van der Waals surface area (Å²) < 4.78 is 36.9. The van der Waals surface area contributed by atoms with Crippen molar-refractivity contribution in [2.24, 2.45) is 0 Å². The number of aliphatic carboxylic acids is 1. The number of ether oxygens (including phenoxy) is 1. The quantitative estimate of drug-likeness (QED) is 0.338. The normalized spacial score (nSPS) is 12.8. The molecule has 0 unspecified atom stereocenters. The summed E-state index contributed by atoms with van der Waals surface area (Å²) in [7, 11) is 1.51. The second-order valence-corrected chi connectivity index (χ2v) is 8.20. The van der Waals surface area contributed by atoms with E-state index in [-0.39, 0.29) is 16.1 Å². The number of nitrogens with zero attached hydrogens (tertiary/aromatic N) is 1. The number of methoxy groups -OCH3 is 1. The Labute approximate surface area is 196 Å². The Kier molecular flexibility index (Phi) is 7.95. The highest BCUT2D eigenvalue weighted by molar-refractivity contribution is 5.73. The number of nitrogen functional groups attached to an aromatic ring is 1. The summed E-state index contributed by atoms with van der Waals surface area (Å²) >= 11 is 0. The molecule has 2 heterocycles. The molecule has 6 N–H and O–H groups in total. The number of carboxylic acid groups (broad SMARTS) is 1. The summed E-state index contributed by atoms with van der Waals surface area (Å²) in [6.45, 7) is 6.09. The summed E-state index contributed by atoms with van der Waals surface area (Å²) in [6, 6.07) is 5.20. The van der Waals surface area contributed by atoms with Gasteiger partial charge in [0.2, 0.25) is 0 Å². The standard InChI is InChI=1S/C20H23N5O3.C2HF3O2/c1-20(2,3)17-12(22-10-23-17)9-14-19(27)24-13(18(26)25-14)8-11-6-5-7-15(28-4)16(11)21;3-2(4,5)1(6)7/h5-10H,21H2,1-4H3,(H,22,23)(H,24,27)(H,25,26);(H,6,7)/b13-8-,14-9-;. The van der Waals surface area contributed by atoms with Crippen LogP contribution < -0.4 is 32.3 Å². The molecule has 0 aliphatic carbocycles. The van der Waals surface area contributed by atoms with Crippen LogP contribution in [0.15, 0.2) is 34.1 Å². The Morgan fingerprint density at radius 1 is 1.09 bits per heavy atom. The third-order valence-electron chi connectivity index (χ3n) is 4.55. The molecule has 2 aromatic heterocycles. The van der Waals surface area contributed by atoms with Crippen LogP contribution in [-0.4, -0.2) is 44.3 Å². The van der Waals surface area contributed by atoms with Crippen molar-refractivity contribution in [1.29, 1.82) is 0 Å². The Morgan fingerprint density at radius 3 is 2.11 bits per heavy atom. The first-order valence-electron chi connectivity index (χ1n) is 9.97. The molecule has 0 saturated carbocycles. The molecule has 0 radical (unpaired) electrons. The monoisotopic (exact) mass is 495 g/mol. The lowest BCUT2D eigenvalue weighted by Crippen LogP contribution is -2.46. The lowest BCUT2D eigenvalue weighted by atomic mass is 9.90. The molecule has 0 bridgehead atoms. The van der Waals surface area contributed by atoms with Crippen LogP contribution in [-0.2, 0) is 10.2 Å². The van der Waals surface area contributed by atoms with Crippen LogP contribution in [0.25, 0.3) is 12.2 Å². The Bertz CT molecular complexity index is 1450. The largest absolute Gasteiger partial charge is 0.495 e. The van der Waals surface area contributed by atoms with Crippen LogP contribution in [0.2, 0.25) is 0 Å². The van der Waals surface area contributed by atoms with Gasteiger partial charge in [-0.25, -0.2) is 9.78 Å². The Balaban J connectivity index is 0.000000540. The first-order valence-corrected chi connectivity index (χ1v) is 9.97. The molecule has 0 aliphatic rings. The molecule has 35 heavy (non-hydrogen) atoms. The number of halogens is 3. The van der Waals surface area contributed by atoms with E-state index in [0.717, 1.165) is 5.69 Å². The van der Waals surface area contributed by atoms with E-state index in [2.05, 4.69) is 19.9 Å². The molecule has 3 aromatic rings. The van der Waals surface area contributed by atoms with Crippen molar-refractivity contribution >= 4 is 23.8 Å². The van der Waals surface area contributed by atoms with Gasteiger partial charge < -0.3 is 30.5 Å². The van der Waals surface area contributed by atoms with E-state index in [9.17, 15) is 22.8 Å². The second kappa shape index (κ2) is 10.3. The summed E-state index contributed by atoms with van der Waals surface area (Å²) in [6.07, 6.45) is -0.454. The van der Waals surface area contributed by atoms with Crippen LogP contribution in [0.3, 0.4) is 0 Å². The number of anilines is 1. The maximum atomic E-state index is 12.5. The molecule has 3 rings (SSSR count). The first kappa shape index (κ1) is 27.0. The van der Waals surface area contributed by atoms with Gasteiger partial charge in [-0.1, -0.05) is 32.9 Å². The predicted molar refractivity (Wildman–Crippen MR) is 122 cm³/mol. The van der Waals surface area contributed by atoms with E-state index in [1.165, 1.54) is 13.2 Å². The number of imidazole rings is 1. The average Bonchev–Trinajstić information content (AvgIpc) is 3.21. The smallest absolute Gasteiger partial charge is 0.490 e. The number of carbonyl (C=O) groups is 1. The minimum absolute atomic E-state index is 0.0974. The van der Waals surface area contributed by atoms with E-state index in [4.69, 9.17) is 20.4 Å². The Hall–Kier alpha value is -4.29. The van der Waals surface area contributed by atoms with E-state index in [0.29, 0.717) is 22.7 Å². The molecule has 0 amide bonds. The predicted octanol–water partition coefficient (Wildman–Crippen LogP) is 0.965. The van der Waals surface area contributed by atoms with Gasteiger partial charge in [0.05, 0.1) is 24.8 Å². The van der Waals surface area contributed by atoms with Gasteiger partial charge in [0.15, 0.2) is 0 Å². The van der Waals surface area contributed by atoms with Gasteiger partial charge in [-0.2, -0.15) is 13.2 Å². The fourth-order valence-corrected chi connectivity index (χ4v) is 2.87. The molecule has 1 aromatic carbocycles. The van der Waals surface area contributed by atoms with Gasteiger partial charge in [0.1, 0.15) is 16.4 Å². The number of hydrogen-bond donors (Lipinski definition) is 5. The number of nitrogens with one attached hydrogen (secondary N) is 3. The van der Waals surface area contributed by atoms with Gasteiger partial charge in [0.25, 0.3) is 11.1 Å². The van der Waals surface area contributed by atoms with Gasteiger partial charge in [-0.3, -0.25) is 9.59 Å². The molecule has 188 valence electrons. The van der Waals surface area contributed by atoms with E-state index < -0.39 is 23.3 Å². The SMILES string of the molecule is COc1cccc(/C=c2\[nH]c(=O)/c(=C/c3nc[nH]c3C(C)(C)C)[nH]c2=O)c1N.O=C(O)C(F)(F)F. The molecule has 0 saturated heterocycles. The van der Waals surface area contributed by atoms with E-state index in [1.54, 1.807) is 30.6 Å². The van der Waals surface area contributed by atoms with Crippen molar-refractivity contribution in [1.82, 2.24) is 19.9 Å². The fraction of sp³-hybridized carbons (Fsp3) is 0.273. The number of hydrogen-bond acceptors (Lipinski definition) is 6. The number of rotatable bonds is 3. The van der Waals surface area contributed by atoms with Crippen LogP contribution in [0, 0.1) is 0 Å². The second-order valence-electron chi connectivity index (χ2n) is 8.20. The molecular formula is C22H24F3N5O5. The topological polar surface area (TPSA) is 167 Å². The van der Waals surface area contributed by atoms with E-state index in [1.807, 2.05) is 20.8 Å². The van der Waals surface area contributed by atoms with Crippen LogP contribution in [0.1, 0.15) is 37.7 Å². The number of benzene rings is 1. The molecule has 0 fully saturated rings. The van der Waals surface area contributed by atoms with Crippen molar-refractivity contribution in [2.75, 3.05) is 12.8 Å². The van der Waals surface area contributed by atoms with Crippen molar-refractivity contribution in [3.8, 4) is 5.75 Å². The zero-order chi connectivity index (χ0) is 26.6. The minimum atomic E-state index is -5.08. The maximum Gasteiger partial charge on any atom is 0.490 e. The lowest BCUT2D eigenvalue weighted by Gasteiger charge is -2.16. The van der Waals surface area contributed by atoms with Crippen molar-refractivity contribution in [3.05, 3.63) is 72.9 Å². The molecule has 0 atom stereocenters. The third kappa shape index (κ3) is 6.85. The van der Waals surface area contributed by atoms with Crippen molar-refractivity contribution in [2.45, 2.75) is 32.4 Å². The van der Waals surface area contributed by atoms with Crippen molar-refractivity contribution < 1.29 is 27.8 Å². The molecule has 13 heteroatoms. The number of carboxylic acids is 1. The van der Waals surface area contributed by atoms with Gasteiger partial charge in [0, 0.05) is 16.7 Å². The molecule has 0 aliphatic heterocycles. The third-order valence-corrected chi connectivity index (χ3v) is 4.55. The first-order chi connectivity index (χ1) is 16.1. The number of para-hydroxylation sites is 1. The van der Waals surface area contributed by atoms with Gasteiger partial charge in [-0.15, -0.1) is 0 Å². The van der Waals surface area contributed by atoms with Crippen LogP contribution in [0.5, 0.6) is 5.75 Å². The highest BCUT2D eigenvalue weighted by Crippen LogP contribution is 2.25. The number of H-pyrrole nitrogens is 3. The summed E-state index contributed by atoms with van der Waals surface area (Å²) in [5.41, 5.74) is 7.38. The number of nitrogens with two attached hydrogens (primary N) is 1. The zero-order valence-electron chi connectivity index (χ0n) is 19.2. The fourth-order valence-electron chi connectivity index (χ4n) is 2.87. The average molecular weight is 495 g/mol. The molecule has 0 spiro atoms. The highest BCUT2D eigenvalue weighted by Gasteiger charge is 2.38. The number of aromatic nitrogens is 4. The van der Waals surface area contributed by atoms with Gasteiger partial charge in [-0.05, 0) is 18.2 Å². The molecular weight excluding hydrogens is 471 g/mol. The Morgan fingerprint density at radius 2 is 1.63 bits per heavy atom. The summed E-state index contributed by atoms with van der Waals surface area (Å²) in [4.78, 5) is 46.5. The zero-order valence-corrected chi connectivity index (χ0v) is 19.2. The lowest BCUT2D eigenvalue weighted by molar-refractivity contribution is -0.192. The number of aromatic amines is 3. The summed E-state index contributed by atoms with van der Waals surface area (Å²) in [5.74, 6) is -2.27.